The first-order valence-corrected chi connectivity index (χ1v) is 22.1. The smallest absolute Gasteiger partial charge is 0.338 e. The summed E-state index contributed by atoms with van der Waals surface area (Å²) in [6.07, 6.45) is 14.3. The molecule has 2 unspecified atom stereocenters. The molecule has 0 spiro atoms. The molecule has 5 heterocycles. The van der Waals surface area contributed by atoms with Gasteiger partial charge in [-0.05, 0) is 46.8 Å². The van der Waals surface area contributed by atoms with Crippen molar-refractivity contribution in [1.29, 1.82) is 0 Å². The Morgan fingerprint density at radius 3 is 1.37 bits per heavy atom. The van der Waals surface area contributed by atoms with Crippen molar-refractivity contribution >= 4 is 70.9 Å². The maximum Gasteiger partial charge on any atom is 0.338 e. The number of nitrogens with zero attached hydrogens (tertiary/aromatic N) is 9. The summed E-state index contributed by atoms with van der Waals surface area (Å²) in [7, 11) is 0. The van der Waals surface area contributed by atoms with Gasteiger partial charge in [-0.3, -0.25) is 81.9 Å². The summed E-state index contributed by atoms with van der Waals surface area (Å²) >= 11 is 0. The number of non-ortho nitro benzene ring substituents is 1. The highest BCUT2D eigenvalue weighted by molar-refractivity contribution is 6.02. The number of imide groups is 2. The molecule has 0 saturated carbocycles. The van der Waals surface area contributed by atoms with Gasteiger partial charge < -0.3 is 26.0 Å². The van der Waals surface area contributed by atoms with E-state index in [0.717, 1.165) is 11.4 Å². The lowest BCUT2D eigenvalue weighted by Gasteiger charge is -2.22. The molecular formula is C45H63N13O15. The van der Waals surface area contributed by atoms with Gasteiger partial charge in [0.15, 0.2) is 0 Å². The van der Waals surface area contributed by atoms with Crippen LogP contribution in [-0.4, -0.2) is 139 Å². The number of imidazole rings is 3. The van der Waals surface area contributed by atoms with E-state index in [0.29, 0.717) is 5.75 Å². The van der Waals surface area contributed by atoms with Crippen LogP contribution in [0.15, 0.2) is 80.4 Å². The van der Waals surface area contributed by atoms with E-state index in [9.17, 15) is 62.9 Å². The lowest BCUT2D eigenvalue weighted by atomic mass is 10.2. The number of hydroxylamine groups is 2. The molecule has 0 bridgehead atoms. The third-order valence-electron chi connectivity index (χ3n) is 8.31. The Morgan fingerprint density at radius 1 is 0.658 bits per heavy atom. The Hall–Kier alpha value is -8.82. The van der Waals surface area contributed by atoms with E-state index in [1.807, 2.05) is 20.8 Å². The maximum absolute atomic E-state index is 11.5. The molecule has 8 amide bonds. The number of nitro benzene ring substituents is 1. The van der Waals surface area contributed by atoms with Crippen LogP contribution in [-0.2, 0) is 43.2 Å². The highest BCUT2D eigenvalue weighted by Gasteiger charge is 2.33. The normalized spacial score (nSPS) is 12.8. The standard InChI is InChI=1S/C9H13N3O2.C8H12N2O3.C8H7NO4.C7H6N4O.C5H11NO.C4H5NO3.C4H9NO/c1-7(11-8(2)13)5-9(14)12-4-3-10-6-12;1-5(9-6(2)11)10-7(12)3-4-8(10)13;1-6(10)13-8-4-2-7(3-5-8)9(11)12;12-7(10-3-1-8-5-10)11-4-2-9-6-11;1-4(2)6-5(3)7;6-3-1-2-4(7)5(3)8;1-3-5-4(2)6/h3-4,6-7H,5H2,1-2H3,(H,11,13);5H,3-4H2,1-2H3,(H,9,11);2-5H,1H3;1-6H;4H,1-3H3,(H,6,7);8H,1-2H2;3H2,1-2H3,(H,5,6). The van der Waals surface area contributed by atoms with E-state index in [-0.39, 0.29) is 102 Å². The molecule has 2 saturated heterocycles. The van der Waals surface area contributed by atoms with Crippen LogP contribution in [0, 0.1) is 10.1 Å². The number of hydrogen-bond acceptors (Lipinski definition) is 18. The quantitative estimate of drug-likeness (QED) is 0.0401. The summed E-state index contributed by atoms with van der Waals surface area (Å²) in [5.74, 6) is -1.97. The summed E-state index contributed by atoms with van der Waals surface area (Å²) in [4.78, 5) is 140. The van der Waals surface area contributed by atoms with Crippen molar-refractivity contribution in [3.63, 3.8) is 0 Å². The summed E-state index contributed by atoms with van der Waals surface area (Å²) in [6, 6.07) is 5.24. The molecule has 0 radical (unpaired) electrons. The number of benzene rings is 1. The SMILES string of the molecule is CC(=O)NC(C)C.CC(=O)NC(C)CC(=O)n1ccnc1.CC(=O)NC(C)N1C(=O)CCC1=O.CC(=O)Oc1ccc([N+](=O)[O-])cc1.CCNC(C)=O.O=C(n1ccnc1)n1ccnc1.O=C1CCC(=O)N1O. The lowest BCUT2D eigenvalue weighted by Crippen LogP contribution is -2.48. The topological polar surface area (TPSA) is 368 Å². The molecule has 28 nitrogen and oxygen atoms in total. The monoisotopic (exact) mass is 1030 g/mol. The van der Waals surface area contributed by atoms with Gasteiger partial charge in [0.05, 0.1) is 4.92 Å². The van der Waals surface area contributed by atoms with Gasteiger partial charge in [0.25, 0.3) is 17.5 Å². The molecular weight excluding hydrogens is 963 g/mol. The van der Waals surface area contributed by atoms with Gasteiger partial charge in [-0.25, -0.2) is 19.7 Å². The minimum atomic E-state index is -0.528. The van der Waals surface area contributed by atoms with Gasteiger partial charge in [-0.2, -0.15) is 5.06 Å². The van der Waals surface area contributed by atoms with Crippen LogP contribution in [0.5, 0.6) is 5.75 Å². The van der Waals surface area contributed by atoms with Crippen LogP contribution in [0.3, 0.4) is 0 Å². The number of ether oxygens (including phenoxy) is 1. The van der Waals surface area contributed by atoms with Crippen molar-refractivity contribution in [2.75, 3.05) is 6.54 Å². The summed E-state index contributed by atoms with van der Waals surface area (Å²) < 4.78 is 8.84. The molecule has 28 heteroatoms. The van der Waals surface area contributed by atoms with Crippen LogP contribution in [0.4, 0.5) is 10.5 Å². The van der Waals surface area contributed by atoms with Crippen molar-refractivity contribution in [1.82, 2.24) is 59.9 Å². The van der Waals surface area contributed by atoms with E-state index < -0.39 is 28.9 Å². The second kappa shape index (κ2) is 34.5. The number of carbonyl (C=O) groups is 11. The van der Waals surface area contributed by atoms with Crippen LogP contribution < -0.4 is 26.0 Å². The Labute approximate surface area is 420 Å². The Balaban J connectivity index is 0.000000844. The first kappa shape index (κ1) is 64.2. The third-order valence-corrected chi connectivity index (χ3v) is 8.31. The molecule has 1 aromatic carbocycles. The number of amides is 8. The Bertz CT molecular complexity index is 2360. The first-order chi connectivity index (χ1) is 34.2. The molecule has 2 aliphatic heterocycles. The van der Waals surface area contributed by atoms with E-state index >= 15 is 0 Å². The zero-order chi connectivity index (χ0) is 55.8. The summed E-state index contributed by atoms with van der Waals surface area (Å²) in [6.45, 7) is 16.9. The predicted octanol–water partition coefficient (Wildman–Crippen LogP) is 2.37. The fourth-order valence-electron chi connectivity index (χ4n) is 5.46. The molecule has 2 atom stereocenters. The van der Waals surface area contributed by atoms with E-state index in [1.54, 1.807) is 51.0 Å². The van der Waals surface area contributed by atoms with Gasteiger partial charge in [-0.15, -0.1) is 0 Å². The van der Waals surface area contributed by atoms with Gasteiger partial charge in [0.1, 0.15) is 30.9 Å². The minimum Gasteiger partial charge on any atom is -0.427 e. The number of rotatable bonds is 9. The Morgan fingerprint density at radius 2 is 1.08 bits per heavy atom. The van der Waals surface area contributed by atoms with Crippen molar-refractivity contribution in [3.8, 4) is 5.75 Å². The predicted molar refractivity (Wildman–Crippen MR) is 256 cm³/mol. The van der Waals surface area contributed by atoms with E-state index in [1.165, 1.54) is 91.6 Å². The number of aromatic nitrogens is 6. The molecule has 2 aliphatic rings. The van der Waals surface area contributed by atoms with Crippen LogP contribution in [0.1, 0.15) is 106 Å². The van der Waals surface area contributed by atoms with Crippen LogP contribution in [0.25, 0.3) is 0 Å². The van der Waals surface area contributed by atoms with E-state index in [2.05, 4.69) is 41.0 Å². The van der Waals surface area contributed by atoms with Crippen molar-refractivity contribution in [2.45, 2.75) is 120 Å². The minimum absolute atomic E-state index is 0.0316. The summed E-state index contributed by atoms with van der Waals surface area (Å²) in [5, 5.41) is 29.2. The zero-order valence-corrected chi connectivity index (χ0v) is 42.2. The average molecular weight is 1030 g/mol. The first-order valence-electron chi connectivity index (χ1n) is 22.1. The van der Waals surface area contributed by atoms with Gasteiger partial charge >= 0.3 is 12.0 Å². The fraction of sp³-hybridized carbons (Fsp3) is 0.422. The summed E-state index contributed by atoms with van der Waals surface area (Å²) in [5.41, 5.74) is -0.0316. The molecule has 0 aliphatic carbocycles. The largest absolute Gasteiger partial charge is 0.427 e. The Kier molecular flexibility index (Phi) is 30.3. The molecule has 4 aromatic rings. The fourth-order valence-corrected chi connectivity index (χ4v) is 5.46. The van der Waals surface area contributed by atoms with E-state index in [4.69, 9.17) is 5.21 Å². The second-order valence-electron chi connectivity index (χ2n) is 15.3. The number of nitro groups is 1. The zero-order valence-electron chi connectivity index (χ0n) is 42.2. The average Bonchev–Trinajstić information content (AvgIpc) is 4.16. The molecule has 398 valence electrons. The van der Waals surface area contributed by atoms with Crippen molar-refractivity contribution < 1.29 is 67.6 Å². The molecule has 6 rings (SSSR count). The van der Waals surface area contributed by atoms with Crippen LogP contribution >= 0.6 is 0 Å². The number of carbonyl (C=O) groups excluding carboxylic acids is 11. The highest BCUT2D eigenvalue weighted by Crippen LogP contribution is 2.17. The highest BCUT2D eigenvalue weighted by atomic mass is 16.6. The van der Waals surface area contributed by atoms with Gasteiger partial charge in [0, 0.05) is 135 Å². The molecule has 2 fully saturated rings. The maximum atomic E-state index is 11.5. The number of nitrogens with one attached hydrogen (secondary N) is 4. The number of hydrogen-bond donors (Lipinski definition) is 5. The van der Waals surface area contributed by atoms with Crippen molar-refractivity contribution in [3.05, 3.63) is 90.5 Å². The molecule has 73 heavy (non-hydrogen) atoms. The lowest BCUT2D eigenvalue weighted by molar-refractivity contribution is -0.384. The van der Waals surface area contributed by atoms with Gasteiger partial charge in [0.2, 0.25) is 41.4 Å². The number of likely N-dealkylation sites (tertiary alicyclic amines) is 1. The van der Waals surface area contributed by atoms with Crippen molar-refractivity contribution in [2.24, 2.45) is 0 Å². The second-order valence-corrected chi connectivity index (χ2v) is 15.3. The van der Waals surface area contributed by atoms with Crippen LogP contribution in [0.2, 0.25) is 0 Å². The third kappa shape index (κ3) is 28.4. The van der Waals surface area contributed by atoms with Gasteiger partial charge in [-0.1, -0.05) is 0 Å². The molecule has 3 aromatic heterocycles. The number of esters is 1. The molecule has 5 N–H and O–H groups in total.